The number of piperidine rings is 1. The molecule has 6 rings (SSSR count). The van der Waals surface area contributed by atoms with E-state index >= 15 is 0 Å². The maximum absolute atomic E-state index is 14.6. The molecule has 1 heterocycles. The summed E-state index contributed by atoms with van der Waals surface area (Å²) >= 11 is 0. The minimum absolute atomic E-state index is 0.0373. The van der Waals surface area contributed by atoms with Crippen LogP contribution in [0.4, 0.5) is 4.79 Å². The average molecular weight is 684 g/mol. The van der Waals surface area contributed by atoms with Crippen LogP contribution in [0.3, 0.4) is 0 Å². The molecule has 1 saturated heterocycles. The van der Waals surface area contributed by atoms with Crippen LogP contribution < -0.4 is 0 Å². The van der Waals surface area contributed by atoms with Gasteiger partial charge in [-0.05, 0) is 151 Å². The summed E-state index contributed by atoms with van der Waals surface area (Å²) < 4.78 is 34.8. The highest BCUT2D eigenvalue weighted by Crippen LogP contribution is 2.68. The van der Waals surface area contributed by atoms with Crippen LogP contribution in [0.25, 0.3) is 0 Å². The first-order chi connectivity index (χ1) is 22.3. The number of ether oxygens (including phenoxy) is 1. The fraction of sp³-hybridized carbons (Fsp3) is 0.775. The highest BCUT2D eigenvalue weighted by molar-refractivity contribution is 7.92. The molecular weight excluding hydrogens is 623 g/mol. The smallest absolute Gasteiger partial charge is 0.410 e. The van der Waals surface area contributed by atoms with E-state index in [-0.39, 0.29) is 35.2 Å². The first kappa shape index (κ1) is 35.9. The van der Waals surface area contributed by atoms with Gasteiger partial charge in [-0.2, -0.15) is 0 Å². The molecule has 3 saturated carbocycles. The molecule has 7 nitrogen and oxygen atoms in total. The first-order valence-corrected chi connectivity index (χ1v) is 20.2. The zero-order chi connectivity index (χ0) is 34.9. The number of hydrogen-bond acceptors (Lipinski definition) is 6. The average Bonchev–Trinajstić information content (AvgIpc) is 3.37. The summed E-state index contributed by atoms with van der Waals surface area (Å²) in [6, 6.07) is 8.81. The number of benzene rings is 1. The molecule has 1 aromatic carbocycles. The number of amides is 1. The molecule has 1 aromatic rings. The van der Waals surface area contributed by atoms with Gasteiger partial charge in [-0.15, -0.1) is 0 Å². The highest BCUT2D eigenvalue weighted by Gasteiger charge is 2.61. The van der Waals surface area contributed by atoms with Crippen molar-refractivity contribution in [2.45, 2.75) is 146 Å². The minimum atomic E-state index is -3.75. The van der Waals surface area contributed by atoms with E-state index in [9.17, 15) is 23.4 Å². The molecule has 5 aliphatic rings. The first-order valence-electron chi connectivity index (χ1n) is 18.7. The maximum atomic E-state index is 14.6. The zero-order valence-corrected chi connectivity index (χ0v) is 31.3. The molecule has 268 valence electrons. The number of hydrogen-bond donors (Lipinski definition) is 2. The van der Waals surface area contributed by atoms with Crippen molar-refractivity contribution in [3.63, 3.8) is 0 Å². The Kier molecular flexibility index (Phi) is 9.28. The Bertz CT molecular complexity index is 1490. The quantitative estimate of drug-likeness (QED) is 0.295. The fourth-order valence-electron chi connectivity index (χ4n) is 11.3. The lowest BCUT2D eigenvalue weighted by Gasteiger charge is -2.59. The van der Waals surface area contributed by atoms with Gasteiger partial charge in [0.1, 0.15) is 5.60 Å². The Morgan fingerprint density at radius 2 is 1.62 bits per heavy atom. The summed E-state index contributed by atoms with van der Waals surface area (Å²) in [5.41, 5.74) is -0.745. The Morgan fingerprint density at radius 1 is 0.958 bits per heavy atom. The zero-order valence-electron chi connectivity index (χ0n) is 30.5. The SMILES string of the molecule is C[C@H](C(CC1(O)CCN(C(=O)OC(C)(C)C)CC1)S(=O)(=O)c1ccccc1)[C@H]1CC[C@H]2[C@@H]3CC=C4C[C@@](C)(O)CC[C@]4(C)[C@H]3CC[C@]12C. The minimum Gasteiger partial charge on any atom is -0.444 e. The normalized spacial score (nSPS) is 37.8. The van der Waals surface area contributed by atoms with E-state index in [4.69, 9.17) is 4.74 Å². The van der Waals surface area contributed by atoms with Crippen molar-refractivity contribution in [2.75, 3.05) is 13.1 Å². The molecule has 0 bridgehead atoms. The fourth-order valence-corrected chi connectivity index (χ4v) is 13.5. The molecule has 0 aromatic heterocycles. The Balaban J connectivity index is 1.25. The van der Waals surface area contributed by atoms with Gasteiger partial charge in [0, 0.05) is 13.1 Å². The predicted molar refractivity (Wildman–Crippen MR) is 189 cm³/mol. The van der Waals surface area contributed by atoms with Crippen molar-refractivity contribution in [1.82, 2.24) is 4.90 Å². The molecule has 2 N–H and O–H groups in total. The lowest BCUT2D eigenvalue weighted by atomic mass is 9.46. The Morgan fingerprint density at radius 3 is 2.27 bits per heavy atom. The van der Waals surface area contributed by atoms with Crippen LogP contribution in [0.1, 0.15) is 119 Å². The Hall–Kier alpha value is -1.90. The second kappa shape index (κ2) is 12.4. The van der Waals surface area contributed by atoms with Crippen LogP contribution in [0.15, 0.2) is 46.9 Å². The number of carbonyl (C=O) groups excluding carboxylic acids is 1. The molecular formula is C40H61NO6S. The predicted octanol–water partition coefficient (Wildman–Crippen LogP) is 7.95. The van der Waals surface area contributed by atoms with Crippen molar-refractivity contribution in [2.24, 2.45) is 40.4 Å². The third-order valence-electron chi connectivity index (χ3n) is 14.1. The summed E-state index contributed by atoms with van der Waals surface area (Å²) in [5, 5.41) is 22.2. The van der Waals surface area contributed by atoms with Gasteiger partial charge in [-0.3, -0.25) is 0 Å². The van der Waals surface area contributed by atoms with Crippen LogP contribution in [-0.4, -0.2) is 64.8 Å². The third kappa shape index (κ3) is 6.52. The third-order valence-corrected chi connectivity index (χ3v) is 16.4. The maximum Gasteiger partial charge on any atom is 0.410 e. The lowest BCUT2D eigenvalue weighted by Crippen LogP contribution is -2.53. The van der Waals surface area contributed by atoms with E-state index in [1.54, 1.807) is 29.2 Å². The van der Waals surface area contributed by atoms with E-state index in [1.165, 1.54) is 5.57 Å². The van der Waals surface area contributed by atoms with Crippen LogP contribution in [0.2, 0.25) is 0 Å². The molecule has 8 heteroatoms. The van der Waals surface area contributed by atoms with Gasteiger partial charge in [0.05, 0.1) is 21.3 Å². The van der Waals surface area contributed by atoms with E-state index in [1.807, 2.05) is 33.8 Å². The van der Waals surface area contributed by atoms with Crippen molar-refractivity contribution in [3.05, 3.63) is 42.0 Å². The van der Waals surface area contributed by atoms with Crippen molar-refractivity contribution < 1.29 is 28.2 Å². The van der Waals surface area contributed by atoms with E-state index in [2.05, 4.69) is 26.8 Å². The monoisotopic (exact) mass is 683 g/mol. The Labute approximate surface area is 289 Å². The van der Waals surface area contributed by atoms with Gasteiger partial charge in [0.25, 0.3) is 0 Å². The molecule has 1 aliphatic heterocycles. The van der Waals surface area contributed by atoms with Gasteiger partial charge in [-0.1, -0.05) is 50.6 Å². The van der Waals surface area contributed by atoms with Gasteiger partial charge in [-0.25, -0.2) is 13.2 Å². The number of allylic oxidation sites excluding steroid dienone is 1. The number of carbonyl (C=O) groups is 1. The molecule has 4 aliphatic carbocycles. The molecule has 9 atom stereocenters. The summed E-state index contributed by atoms with van der Waals surface area (Å²) in [5.74, 6) is 1.84. The molecule has 1 unspecified atom stereocenters. The summed E-state index contributed by atoms with van der Waals surface area (Å²) in [7, 11) is -3.75. The van der Waals surface area contributed by atoms with Crippen molar-refractivity contribution in [1.29, 1.82) is 0 Å². The molecule has 0 spiro atoms. The number of rotatable bonds is 6. The van der Waals surface area contributed by atoms with Crippen LogP contribution in [-0.2, 0) is 14.6 Å². The number of likely N-dealkylation sites (tertiary alicyclic amines) is 1. The standard InChI is InChI=1S/C40H61NO6S/c1-27(31-15-16-32-30-14-13-28-25-37(5,43)19-20-38(28,6)33(30)17-18-39(31,32)7)34(48(45,46)29-11-9-8-10-12-29)26-40(44)21-23-41(24-22-40)35(42)47-36(2,3)4/h8-13,27,30-34,43-44H,14-26H2,1-7H3/t27-,30-,31+,32-,33-,34?,37-,38-,39+/m0/s1. The van der Waals surface area contributed by atoms with Gasteiger partial charge in [0.15, 0.2) is 9.84 Å². The largest absolute Gasteiger partial charge is 0.444 e. The van der Waals surface area contributed by atoms with E-state index in [0.29, 0.717) is 48.6 Å². The van der Waals surface area contributed by atoms with Crippen LogP contribution >= 0.6 is 0 Å². The molecule has 4 fully saturated rings. The lowest BCUT2D eigenvalue weighted by molar-refractivity contribution is -0.0727. The second-order valence-corrected chi connectivity index (χ2v) is 20.5. The summed E-state index contributed by atoms with van der Waals surface area (Å²) in [4.78, 5) is 14.7. The number of nitrogens with zero attached hydrogens (tertiary/aromatic N) is 1. The van der Waals surface area contributed by atoms with Crippen molar-refractivity contribution in [3.8, 4) is 0 Å². The van der Waals surface area contributed by atoms with E-state index in [0.717, 1.165) is 51.4 Å². The summed E-state index contributed by atoms with van der Waals surface area (Å²) in [6.45, 7) is 15.3. The molecule has 1 amide bonds. The topological polar surface area (TPSA) is 104 Å². The molecule has 48 heavy (non-hydrogen) atoms. The molecule has 0 radical (unpaired) electrons. The number of aliphatic hydroxyl groups is 2. The second-order valence-electron chi connectivity index (χ2n) is 18.3. The number of fused-ring (bicyclic) bond motifs is 5. The van der Waals surface area contributed by atoms with Crippen LogP contribution in [0.5, 0.6) is 0 Å². The van der Waals surface area contributed by atoms with Gasteiger partial charge >= 0.3 is 6.09 Å². The van der Waals surface area contributed by atoms with E-state index < -0.39 is 31.9 Å². The van der Waals surface area contributed by atoms with Crippen LogP contribution in [0, 0.1) is 40.4 Å². The van der Waals surface area contributed by atoms with Gasteiger partial charge in [0.2, 0.25) is 0 Å². The van der Waals surface area contributed by atoms with Gasteiger partial charge < -0.3 is 19.8 Å². The number of sulfone groups is 1. The summed E-state index contributed by atoms with van der Waals surface area (Å²) in [6.07, 6.45) is 11.0. The highest BCUT2D eigenvalue weighted by atomic mass is 32.2. The van der Waals surface area contributed by atoms with Crippen molar-refractivity contribution >= 4 is 15.9 Å².